The fraction of sp³-hybridized carbons (Fsp3) is 0.250. The van der Waals surface area contributed by atoms with Gasteiger partial charge in [-0.3, -0.25) is 0 Å². The second-order valence-electron chi connectivity index (χ2n) is 4.86. The lowest BCUT2D eigenvalue weighted by atomic mass is 10.1. The summed E-state index contributed by atoms with van der Waals surface area (Å²) < 4.78 is 77.7. The first-order chi connectivity index (χ1) is 10.9. The maximum Gasteiger partial charge on any atom is 0.194 e. The van der Waals surface area contributed by atoms with Crippen molar-refractivity contribution < 1.29 is 26.3 Å². The van der Waals surface area contributed by atoms with Gasteiger partial charge in [0, 0.05) is 0 Å². The van der Waals surface area contributed by atoms with E-state index in [9.17, 15) is 26.3 Å². The van der Waals surface area contributed by atoms with Crippen LogP contribution >= 0.6 is 11.8 Å². The minimum Gasteiger partial charge on any atom is -0.204 e. The number of thioether (sulfide) groups is 1. The predicted molar refractivity (Wildman–Crippen MR) is 77.4 cm³/mol. The molecule has 0 atom stereocenters. The summed E-state index contributed by atoms with van der Waals surface area (Å²) in [4.78, 5) is 0. The third-order valence-corrected chi connectivity index (χ3v) is 4.14. The van der Waals surface area contributed by atoms with Crippen LogP contribution in [-0.2, 0) is 12.8 Å². The van der Waals surface area contributed by atoms with E-state index in [0.717, 1.165) is 24.3 Å². The highest BCUT2D eigenvalue weighted by Gasteiger charge is 2.11. The van der Waals surface area contributed by atoms with Crippen LogP contribution in [0.15, 0.2) is 24.3 Å². The van der Waals surface area contributed by atoms with Crippen LogP contribution in [0.25, 0.3) is 0 Å². The van der Waals surface area contributed by atoms with Crippen molar-refractivity contribution in [3.05, 3.63) is 70.3 Å². The summed E-state index contributed by atoms with van der Waals surface area (Å²) in [6, 6.07) is 3.74. The number of aryl methyl sites for hydroxylation is 2. The smallest absolute Gasteiger partial charge is 0.194 e. The summed E-state index contributed by atoms with van der Waals surface area (Å²) in [5.41, 5.74) is 0.653. The van der Waals surface area contributed by atoms with E-state index in [1.54, 1.807) is 0 Å². The third-order valence-electron chi connectivity index (χ3n) is 3.16. The number of halogens is 6. The molecule has 0 radical (unpaired) electrons. The van der Waals surface area contributed by atoms with Crippen molar-refractivity contribution in [1.29, 1.82) is 0 Å². The minimum atomic E-state index is -1.50. The minimum absolute atomic E-state index is 0.324. The fourth-order valence-corrected chi connectivity index (χ4v) is 2.95. The first-order valence-corrected chi connectivity index (χ1v) is 7.88. The van der Waals surface area contributed by atoms with E-state index in [2.05, 4.69) is 0 Å². The van der Waals surface area contributed by atoms with Gasteiger partial charge in [-0.2, -0.15) is 11.8 Å². The lowest BCUT2D eigenvalue weighted by Gasteiger charge is -2.05. The van der Waals surface area contributed by atoms with Crippen LogP contribution in [0.4, 0.5) is 26.3 Å². The molecule has 0 N–H and O–H groups in total. The molecule has 0 bridgehead atoms. The van der Waals surface area contributed by atoms with Gasteiger partial charge in [-0.15, -0.1) is 0 Å². The van der Waals surface area contributed by atoms with Gasteiger partial charge in [-0.25, -0.2) is 26.3 Å². The van der Waals surface area contributed by atoms with Crippen molar-refractivity contribution in [3.8, 4) is 0 Å². The molecule has 0 aliphatic carbocycles. The molecule has 0 spiro atoms. The summed E-state index contributed by atoms with van der Waals surface area (Å²) in [5.74, 6) is -6.94. The molecule has 124 valence electrons. The Kier molecular flexibility index (Phi) is 5.98. The number of rotatable bonds is 6. The second-order valence-corrected chi connectivity index (χ2v) is 6.08. The molecule has 2 aromatic rings. The molecule has 0 saturated carbocycles. The standard InChI is InChI=1S/C16H12F6S/c17-11-5-9(6-12(18)15(11)21)1-3-23-4-2-10-7-13(19)16(22)14(20)8-10/h5-8H,1-4H2. The quantitative estimate of drug-likeness (QED) is 0.400. The van der Waals surface area contributed by atoms with Gasteiger partial charge in [-0.1, -0.05) is 0 Å². The third kappa shape index (κ3) is 4.67. The molecular weight excluding hydrogens is 338 g/mol. The van der Waals surface area contributed by atoms with Crippen molar-refractivity contribution in [2.45, 2.75) is 12.8 Å². The zero-order valence-electron chi connectivity index (χ0n) is 11.8. The molecule has 0 aliphatic rings. The summed E-state index contributed by atoms with van der Waals surface area (Å²) in [5, 5.41) is 0. The van der Waals surface area contributed by atoms with Crippen LogP contribution in [0.5, 0.6) is 0 Å². The van der Waals surface area contributed by atoms with Crippen molar-refractivity contribution in [2.75, 3.05) is 11.5 Å². The average molecular weight is 350 g/mol. The molecule has 0 nitrogen and oxygen atoms in total. The summed E-state index contributed by atoms with van der Waals surface area (Å²) in [7, 11) is 0. The largest absolute Gasteiger partial charge is 0.204 e. The molecule has 2 rings (SSSR count). The summed E-state index contributed by atoms with van der Waals surface area (Å²) >= 11 is 1.40. The first kappa shape index (κ1) is 17.7. The van der Waals surface area contributed by atoms with Crippen molar-refractivity contribution in [3.63, 3.8) is 0 Å². The van der Waals surface area contributed by atoms with Gasteiger partial charge < -0.3 is 0 Å². The van der Waals surface area contributed by atoms with Crippen LogP contribution in [0.2, 0.25) is 0 Å². The zero-order valence-corrected chi connectivity index (χ0v) is 12.6. The highest BCUT2D eigenvalue weighted by atomic mass is 32.2. The molecule has 0 heterocycles. The Morgan fingerprint density at radius 1 is 0.565 bits per heavy atom. The van der Waals surface area contributed by atoms with E-state index in [4.69, 9.17) is 0 Å². The lowest BCUT2D eigenvalue weighted by molar-refractivity contribution is 0.445. The maximum absolute atomic E-state index is 13.0. The van der Waals surface area contributed by atoms with Gasteiger partial charge in [0.15, 0.2) is 34.9 Å². The van der Waals surface area contributed by atoms with Crippen LogP contribution in [0.1, 0.15) is 11.1 Å². The maximum atomic E-state index is 13.0. The fourth-order valence-electron chi connectivity index (χ4n) is 1.99. The summed E-state index contributed by atoms with van der Waals surface area (Å²) in [6.07, 6.45) is 0.649. The predicted octanol–water partition coefficient (Wildman–Crippen LogP) is 5.04. The molecule has 0 aromatic heterocycles. The average Bonchev–Trinajstić information content (AvgIpc) is 2.49. The Balaban J connectivity index is 1.80. The van der Waals surface area contributed by atoms with E-state index < -0.39 is 34.9 Å². The summed E-state index contributed by atoms with van der Waals surface area (Å²) in [6.45, 7) is 0. The number of hydrogen-bond acceptors (Lipinski definition) is 1. The molecule has 7 heteroatoms. The normalized spacial score (nSPS) is 11.0. The molecule has 0 fully saturated rings. The van der Waals surface area contributed by atoms with E-state index in [0.29, 0.717) is 35.5 Å². The molecule has 0 aliphatic heterocycles. The Morgan fingerprint density at radius 3 is 1.17 bits per heavy atom. The van der Waals surface area contributed by atoms with Crippen molar-refractivity contribution >= 4 is 11.8 Å². The molecular formula is C16H12F6S. The van der Waals surface area contributed by atoms with Gasteiger partial charge in [-0.05, 0) is 59.7 Å². The van der Waals surface area contributed by atoms with Gasteiger partial charge in [0.1, 0.15) is 0 Å². The number of benzene rings is 2. The zero-order chi connectivity index (χ0) is 17.0. The van der Waals surface area contributed by atoms with Crippen molar-refractivity contribution in [2.24, 2.45) is 0 Å². The van der Waals surface area contributed by atoms with E-state index in [-0.39, 0.29) is 0 Å². The van der Waals surface area contributed by atoms with Crippen LogP contribution in [-0.4, -0.2) is 11.5 Å². The van der Waals surface area contributed by atoms with Crippen LogP contribution in [0.3, 0.4) is 0 Å². The highest BCUT2D eigenvalue weighted by Crippen LogP contribution is 2.18. The van der Waals surface area contributed by atoms with E-state index >= 15 is 0 Å². The molecule has 2 aromatic carbocycles. The van der Waals surface area contributed by atoms with Gasteiger partial charge >= 0.3 is 0 Å². The monoisotopic (exact) mass is 350 g/mol. The molecule has 0 amide bonds. The van der Waals surface area contributed by atoms with Crippen LogP contribution in [0, 0.1) is 34.9 Å². The molecule has 0 unspecified atom stereocenters. The number of hydrogen-bond donors (Lipinski definition) is 0. The highest BCUT2D eigenvalue weighted by molar-refractivity contribution is 7.99. The Bertz CT molecular complexity index is 595. The van der Waals surface area contributed by atoms with Gasteiger partial charge in [0.05, 0.1) is 0 Å². The van der Waals surface area contributed by atoms with Crippen molar-refractivity contribution in [1.82, 2.24) is 0 Å². The molecule has 0 saturated heterocycles. The lowest BCUT2D eigenvalue weighted by Crippen LogP contribution is -1.99. The van der Waals surface area contributed by atoms with E-state index in [1.165, 1.54) is 11.8 Å². The van der Waals surface area contributed by atoms with E-state index in [1.807, 2.05) is 0 Å². The second kappa shape index (κ2) is 7.77. The van der Waals surface area contributed by atoms with Gasteiger partial charge in [0.25, 0.3) is 0 Å². The first-order valence-electron chi connectivity index (χ1n) is 6.73. The molecule has 23 heavy (non-hydrogen) atoms. The Labute approximate surface area is 133 Å². The van der Waals surface area contributed by atoms with Crippen LogP contribution < -0.4 is 0 Å². The van der Waals surface area contributed by atoms with Gasteiger partial charge in [0.2, 0.25) is 0 Å². The SMILES string of the molecule is Fc1cc(CCSCCc2cc(F)c(F)c(F)c2)cc(F)c1F. The Hall–Kier alpha value is -1.63. The Morgan fingerprint density at radius 2 is 0.870 bits per heavy atom. The topological polar surface area (TPSA) is 0 Å².